The highest BCUT2D eigenvalue weighted by Crippen LogP contribution is 2.18. The molecule has 1 N–H and O–H groups in total. The van der Waals surface area contributed by atoms with Crippen molar-refractivity contribution in [3.8, 4) is 11.4 Å². The third kappa shape index (κ3) is 1.24. The normalized spacial score (nSPS) is 10.2. The van der Waals surface area contributed by atoms with Crippen molar-refractivity contribution in [2.24, 2.45) is 0 Å². The summed E-state index contributed by atoms with van der Waals surface area (Å²) >= 11 is 0. The van der Waals surface area contributed by atoms with Crippen LogP contribution >= 0.6 is 0 Å². The average Bonchev–Trinajstić information content (AvgIpc) is 2.52. The third-order valence-electron chi connectivity index (χ3n) is 1.84. The van der Waals surface area contributed by atoms with Crippen LogP contribution in [0.5, 0.6) is 0 Å². The molecule has 66 valence electrons. The Balaban J connectivity index is 2.59. The Morgan fingerprint density at radius 3 is 2.69 bits per heavy atom. The predicted octanol–water partition coefficient (Wildman–Crippen LogP) is 0.886. The molecule has 0 bridgehead atoms. The second kappa shape index (κ2) is 2.85. The molecule has 1 heterocycles. The lowest BCUT2D eigenvalue weighted by atomic mass is 10.1. The minimum atomic E-state index is 0.359. The SMILES string of the molecule is Cc1ccccc1-c1nnnn1O. The van der Waals surface area contributed by atoms with Crippen molar-refractivity contribution < 1.29 is 5.21 Å². The van der Waals surface area contributed by atoms with Crippen molar-refractivity contribution in [2.45, 2.75) is 6.92 Å². The standard InChI is InChI=1S/C8H8N4O/c1-6-4-2-3-5-7(6)8-9-10-11-12(8)13/h2-5,13H,1H3. The van der Waals surface area contributed by atoms with Crippen LogP contribution < -0.4 is 0 Å². The van der Waals surface area contributed by atoms with Gasteiger partial charge in [-0.3, -0.25) is 0 Å². The smallest absolute Gasteiger partial charge is 0.222 e. The van der Waals surface area contributed by atoms with Gasteiger partial charge in [0.05, 0.1) is 0 Å². The zero-order valence-corrected chi connectivity index (χ0v) is 7.05. The summed E-state index contributed by atoms with van der Waals surface area (Å²) in [6.07, 6.45) is 0. The van der Waals surface area contributed by atoms with Crippen LogP contribution in [-0.4, -0.2) is 25.6 Å². The van der Waals surface area contributed by atoms with Crippen LogP contribution in [0.1, 0.15) is 5.56 Å². The molecule has 1 aromatic heterocycles. The molecule has 0 spiro atoms. The first-order chi connectivity index (χ1) is 6.29. The average molecular weight is 176 g/mol. The Hall–Kier alpha value is -1.91. The van der Waals surface area contributed by atoms with Crippen molar-refractivity contribution in [3.05, 3.63) is 29.8 Å². The first kappa shape index (κ1) is 7.72. The Bertz CT molecular complexity index is 424. The van der Waals surface area contributed by atoms with Gasteiger partial charge in [0.2, 0.25) is 5.82 Å². The fourth-order valence-electron chi connectivity index (χ4n) is 1.17. The minimum absolute atomic E-state index is 0.359. The lowest BCUT2D eigenvalue weighted by Crippen LogP contribution is -1.97. The van der Waals surface area contributed by atoms with Crippen LogP contribution in [0.25, 0.3) is 11.4 Å². The highest BCUT2D eigenvalue weighted by molar-refractivity contribution is 5.58. The van der Waals surface area contributed by atoms with E-state index in [1.165, 1.54) is 0 Å². The molecule has 0 atom stereocenters. The Kier molecular flexibility index (Phi) is 1.70. The number of aromatic nitrogens is 4. The number of tetrazole rings is 1. The van der Waals surface area contributed by atoms with Gasteiger partial charge in [0, 0.05) is 5.56 Å². The van der Waals surface area contributed by atoms with Crippen molar-refractivity contribution in [2.75, 3.05) is 0 Å². The fourth-order valence-corrected chi connectivity index (χ4v) is 1.17. The van der Waals surface area contributed by atoms with Gasteiger partial charge < -0.3 is 5.21 Å². The summed E-state index contributed by atoms with van der Waals surface area (Å²) in [6.45, 7) is 1.93. The monoisotopic (exact) mass is 176 g/mol. The summed E-state index contributed by atoms with van der Waals surface area (Å²) in [6, 6.07) is 7.58. The maximum Gasteiger partial charge on any atom is 0.222 e. The molecule has 5 nitrogen and oxygen atoms in total. The van der Waals surface area contributed by atoms with E-state index < -0.39 is 0 Å². The number of aryl methyl sites for hydroxylation is 1. The van der Waals surface area contributed by atoms with Gasteiger partial charge in [-0.25, -0.2) is 0 Å². The van der Waals surface area contributed by atoms with E-state index in [-0.39, 0.29) is 0 Å². The molecule has 0 aliphatic carbocycles. The molecule has 5 heteroatoms. The first-order valence-electron chi connectivity index (χ1n) is 3.82. The number of benzene rings is 1. The summed E-state index contributed by atoms with van der Waals surface area (Å²) in [7, 11) is 0. The molecule has 1 aromatic carbocycles. The van der Waals surface area contributed by atoms with Gasteiger partial charge in [-0.2, -0.15) is 0 Å². The predicted molar refractivity (Wildman–Crippen MR) is 45.2 cm³/mol. The Morgan fingerprint density at radius 2 is 2.08 bits per heavy atom. The largest absolute Gasteiger partial charge is 0.409 e. The second-order valence-electron chi connectivity index (χ2n) is 2.71. The van der Waals surface area contributed by atoms with Gasteiger partial charge in [-0.05, 0) is 22.9 Å². The molecule has 13 heavy (non-hydrogen) atoms. The van der Waals surface area contributed by atoms with E-state index in [9.17, 15) is 5.21 Å². The number of rotatable bonds is 1. The number of hydrogen-bond acceptors (Lipinski definition) is 4. The summed E-state index contributed by atoms with van der Waals surface area (Å²) in [4.78, 5) is 0.669. The van der Waals surface area contributed by atoms with Gasteiger partial charge in [0.1, 0.15) is 0 Å². The maximum atomic E-state index is 9.21. The zero-order chi connectivity index (χ0) is 9.26. The van der Waals surface area contributed by atoms with E-state index >= 15 is 0 Å². The van der Waals surface area contributed by atoms with Gasteiger partial charge in [-0.1, -0.05) is 29.1 Å². The number of hydrogen-bond donors (Lipinski definition) is 1. The van der Waals surface area contributed by atoms with Crippen LogP contribution in [0.15, 0.2) is 24.3 Å². The second-order valence-corrected chi connectivity index (χ2v) is 2.71. The molecule has 0 aliphatic rings. The summed E-state index contributed by atoms with van der Waals surface area (Å²) < 4.78 is 0. The molecule has 0 unspecified atom stereocenters. The zero-order valence-electron chi connectivity index (χ0n) is 7.05. The van der Waals surface area contributed by atoms with Gasteiger partial charge in [-0.15, -0.1) is 5.10 Å². The van der Waals surface area contributed by atoms with Crippen LogP contribution in [0, 0.1) is 6.92 Å². The minimum Gasteiger partial charge on any atom is -0.409 e. The number of nitrogens with zero attached hydrogens (tertiary/aromatic N) is 4. The van der Waals surface area contributed by atoms with Gasteiger partial charge >= 0.3 is 0 Å². The van der Waals surface area contributed by atoms with E-state index in [4.69, 9.17) is 0 Å². The lowest BCUT2D eigenvalue weighted by molar-refractivity contribution is 0.147. The molecule has 0 saturated carbocycles. The molecular weight excluding hydrogens is 168 g/mol. The summed E-state index contributed by atoms with van der Waals surface area (Å²) in [5, 5.41) is 19.6. The Labute approximate surface area is 74.6 Å². The van der Waals surface area contributed by atoms with Crippen molar-refractivity contribution in [1.82, 2.24) is 20.4 Å². The van der Waals surface area contributed by atoms with Crippen molar-refractivity contribution in [3.63, 3.8) is 0 Å². The summed E-state index contributed by atoms with van der Waals surface area (Å²) in [5.41, 5.74) is 1.85. The Morgan fingerprint density at radius 1 is 1.31 bits per heavy atom. The van der Waals surface area contributed by atoms with Crippen LogP contribution in [-0.2, 0) is 0 Å². The van der Waals surface area contributed by atoms with E-state index in [1.54, 1.807) is 0 Å². The molecular formula is C8H8N4O. The van der Waals surface area contributed by atoms with E-state index in [0.29, 0.717) is 10.7 Å². The molecule has 0 aliphatic heterocycles. The maximum absolute atomic E-state index is 9.21. The highest BCUT2D eigenvalue weighted by atomic mass is 16.5. The first-order valence-corrected chi connectivity index (χ1v) is 3.82. The fraction of sp³-hybridized carbons (Fsp3) is 0.125. The van der Waals surface area contributed by atoms with Crippen LogP contribution in [0.3, 0.4) is 0 Å². The lowest BCUT2D eigenvalue weighted by Gasteiger charge is -2.00. The molecule has 2 aromatic rings. The highest BCUT2D eigenvalue weighted by Gasteiger charge is 2.08. The van der Waals surface area contributed by atoms with E-state index in [0.717, 1.165) is 11.1 Å². The summed E-state index contributed by atoms with van der Waals surface area (Å²) in [5.74, 6) is 0.359. The molecule has 0 fully saturated rings. The third-order valence-corrected chi connectivity index (χ3v) is 1.84. The van der Waals surface area contributed by atoms with E-state index in [2.05, 4.69) is 15.5 Å². The van der Waals surface area contributed by atoms with Gasteiger partial charge in [0.15, 0.2) is 0 Å². The van der Waals surface area contributed by atoms with Gasteiger partial charge in [0.25, 0.3) is 0 Å². The quantitative estimate of drug-likeness (QED) is 0.655. The molecule has 0 amide bonds. The van der Waals surface area contributed by atoms with E-state index in [1.807, 2.05) is 31.2 Å². The van der Waals surface area contributed by atoms with Crippen molar-refractivity contribution >= 4 is 0 Å². The van der Waals surface area contributed by atoms with Crippen LogP contribution in [0.2, 0.25) is 0 Å². The van der Waals surface area contributed by atoms with Crippen LogP contribution in [0.4, 0.5) is 0 Å². The topological polar surface area (TPSA) is 63.8 Å². The molecule has 0 radical (unpaired) electrons. The molecule has 0 saturated heterocycles. The van der Waals surface area contributed by atoms with Crippen molar-refractivity contribution in [1.29, 1.82) is 0 Å². The molecule has 2 rings (SSSR count).